The van der Waals surface area contributed by atoms with Crippen LogP contribution in [-0.4, -0.2) is 329 Å². The van der Waals surface area contributed by atoms with Gasteiger partial charge in [0.1, 0.15) is 78.5 Å². The maximum absolute atomic E-state index is 11.2. The average Bonchev–Trinajstić information content (AvgIpc) is 2.20. The second kappa shape index (κ2) is 88.8. The van der Waals surface area contributed by atoms with Gasteiger partial charge in [0.2, 0.25) is 0 Å². The van der Waals surface area contributed by atoms with E-state index in [2.05, 4.69) is 63.4 Å². The average molecular weight is 1440 g/mol. The third-order valence-corrected chi connectivity index (χ3v) is 7.85. The molecular formula is C58H121O39+. The SMILES string of the molecule is C.CC(O)CO.CC(O)COC(=O)OC(C)COCOCC(C)OC(=O)OCC(C)O.CC(O)COC(=O)OCC(C)OC(=O)OCC(C)O.CC(O)COCO.CC1CO1.CC1CO1.CC1CO1.CC1[CH+]O1.COC(C)COCO.COCC(C)O.O.O=C=O.O=C=O.OCO. The van der Waals surface area contributed by atoms with E-state index in [9.17, 15) is 19.2 Å². The lowest BCUT2D eigenvalue weighted by atomic mass is 10.4. The number of hydrogen-bond acceptors (Lipinski definition) is 38. The predicted molar refractivity (Wildman–Crippen MR) is 334 cm³/mol. The van der Waals surface area contributed by atoms with Gasteiger partial charge in [-0.2, -0.15) is 19.2 Å². The molecule has 4 aliphatic heterocycles. The van der Waals surface area contributed by atoms with Crippen molar-refractivity contribution in [3.63, 3.8) is 0 Å². The smallest absolute Gasteiger partial charge is 0.432 e. The van der Waals surface area contributed by atoms with Gasteiger partial charge in [0, 0.05) is 21.1 Å². The Bertz CT molecular complexity index is 1570. The van der Waals surface area contributed by atoms with Gasteiger partial charge < -0.3 is 147 Å². The normalized spacial score (nSPS) is 17.6. The lowest BCUT2D eigenvalue weighted by Gasteiger charge is -2.16. The van der Waals surface area contributed by atoms with Crippen molar-refractivity contribution >= 4 is 36.9 Å². The zero-order chi connectivity index (χ0) is 75.5. The summed E-state index contributed by atoms with van der Waals surface area (Å²) in [5.74, 6) is 0. The first-order chi connectivity index (χ1) is 44.4. The van der Waals surface area contributed by atoms with Crippen LogP contribution in [0.5, 0.6) is 0 Å². The van der Waals surface area contributed by atoms with Gasteiger partial charge in [-0.1, -0.05) is 7.43 Å². The van der Waals surface area contributed by atoms with Gasteiger partial charge in [-0.05, 0) is 96.9 Å². The van der Waals surface area contributed by atoms with Crippen LogP contribution in [0.4, 0.5) is 19.2 Å². The van der Waals surface area contributed by atoms with Gasteiger partial charge in [0.05, 0.1) is 127 Å². The summed E-state index contributed by atoms with van der Waals surface area (Å²) >= 11 is 0. The molecule has 4 saturated heterocycles. The summed E-state index contributed by atoms with van der Waals surface area (Å²) in [4.78, 5) is 77.0. The Hall–Kier alpha value is -5.21. The largest absolute Gasteiger partial charge is 0.508 e. The molecule has 4 fully saturated rings. The molecule has 4 heterocycles. The van der Waals surface area contributed by atoms with E-state index in [0.717, 1.165) is 19.8 Å². The van der Waals surface area contributed by atoms with Crippen molar-refractivity contribution in [1.82, 2.24) is 0 Å². The molecule has 14 N–H and O–H groups in total. The number of carbonyl (C=O) groups is 4. The van der Waals surface area contributed by atoms with E-state index in [4.69, 9.17) is 123 Å². The maximum Gasteiger partial charge on any atom is 0.508 e. The molecule has 0 spiro atoms. The van der Waals surface area contributed by atoms with Crippen molar-refractivity contribution in [3.8, 4) is 0 Å². The van der Waals surface area contributed by atoms with E-state index in [1.165, 1.54) is 41.5 Å². The van der Waals surface area contributed by atoms with Crippen LogP contribution in [0, 0.1) is 6.61 Å². The monoisotopic (exact) mass is 1440 g/mol. The molecule has 39 nitrogen and oxygen atoms in total. The molecule has 0 aromatic heterocycles. The zero-order valence-corrected chi connectivity index (χ0v) is 58.4. The molecule has 0 radical (unpaired) electrons. The quantitative estimate of drug-likeness (QED) is 0.0110. The van der Waals surface area contributed by atoms with Gasteiger partial charge in [-0.25, -0.2) is 19.2 Å². The van der Waals surface area contributed by atoms with Gasteiger partial charge in [0.15, 0.2) is 0 Å². The van der Waals surface area contributed by atoms with Crippen LogP contribution in [0.15, 0.2) is 0 Å². The Morgan fingerprint density at radius 3 is 0.814 bits per heavy atom. The third kappa shape index (κ3) is 160. The van der Waals surface area contributed by atoms with Gasteiger partial charge in [-0.15, -0.1) is 4.74 Å². The number of carbonyl (C=O) groups excluding carboxylic acids is 8. The maximum atomic E-state index is 11.2. The summed E-state index contributed by atoms with van der Waals surface area (Å²) in [5, 5.41) is 98.9. The predicted octanol–water partition coefficient (Wildman–Crippen LogP) is -0.686. The molecule has 0 bridgehead atoms. The van der Waals surface area contributed by atoms with Crippen molar-refractivity contribution < 1.29 is 190 Å². The lowest BCUT2D eigenvalue weighted by molar-refractivity contribution is -0.193. The molecule has 0 amide bonds. The summed E-state index contributed by atoms with van der Waals surface area (Å²) in [6.07, 6.45) is -7.23. The molecule has 15 atom stereocenters. The second-order valence-electron chi connectivity index (χ2n) is 19.5. The Kier molecular flexibility index (Phi) is 106. The minimum absolute atomic E-state index is 0. The summed E-state index contributed by atoms with van der Waals surface area (Å²) in [5.41, 5.74) is 0. The van der Waals surface area contributed by atoms with Crippen LogP contribution in [0.1, 0.15) is 111 Å². The number of hydrogen-bond donors (Lipinski definition) is 12. The summed E-state index contributed by atoms with van der Waals surface area (Å²) in [6, 6.07) is 0. The fourth-order valence-corrected chi connectivity index (χ4v) is 3.28. The fourth-order valence-electron chi connectivity index (χ4n) is 3.28. The first-order valence-corrected chi connectivity index (χ1v) is 29.2. The summed E-state index contributed by atoms with van der Waals surface area (Å²) in [6.45, 7) is 29.0. The summed E-state index contributed by atoms with van der Waals surface area (Å²) in [7, 11) is 3.16. The molecule has 586 valence electrons. The Morgan fingerprint density at radius 1 is 0.423 bits per heavy atom. The number of ether oxygens (including phenoxy) is 18. The van der Waals surface area contributed by atoms with Crippen LogP contribution in [0.3, 0.4) is 0 Å². The topological polar surface area (TPSA) is 590 Å². The number of aliphatic hydroxyl groups is 12. The van der Waals surface area contributed by atoms with E-state index < -0.39 is 86.4 Å². The van der Waals surface area contributed by atoms with Crippen molar-refractivity contribution in [2.24, 2.45) is 0 Å². The molecule has 4 aliphatic rings. The molecule has 0 aromatic rings. The number of rotatable bonds is 29. The first-order valence-electron chi connectivity index (χ1n) is 29.2. The highest BCUT2D eigenvalue weighted by molar-refractivity contribution is 5.61. The summed E-state index contributed by atoms with van der Waals surface area (Å²) < 4.78 is 84.8. The van der Waals surface area contributed by atoms with E-state index in [1.807, 2.05) is 13.8 Å². The van der Waals surface area contributed by atoms with Crippen LogP contribution < -0.4 is 0 Å². The highest BCUT2D eigenvalue weighted by Crippen LogP contribution is 2.12. The minimum atomic E-state index is -0.964. The molecular weight excluding hydrogens is 1320 g/mol. The highest BCUT2D eigenvalue weighted by atomic mass is 16.8. The number of epoxide rings is 4. The van der Waals surface area contributed by atoms with Crippen molar-refractivity contribution in [2.75, 3.05) is 134 Å². The van der Waals surface area contributed by atoms with Crippen LogP contribution in [0.2, 0.25) is 0 Å². The lowest BCUT2D eigenvalue weighted by Crippen LogP contribution is -2.25. The van der Waals surface area contributed by atoms with Crippen LogP contribution in [0.25, 0.3) is 0 Å². The Balaban J connectivity index is -0.0000000997. The van der Waals surface area contributed by atoms with Crippen molar-refractivity contribution in [2.45, 2.75) is 203 Å². The van der Waals surface area contributed by atoms with Crippen LogP contribution >= 0.6 is 0 Å². The molecule has 97 heavy (non-hydrogen) atoms. The molecule has 0 saturated carbocycles. The second-order valence-corrected chi connectivity index (χ2v) is 19.5. The first kappa shape index (κ1) is 116. The minimum Gasteiger partial charge on any atom is -0.432 e. The van der Waals surface area contributed by atoms with Gasteiger partial charge in [0.25, 0.3) is 12.7 Å². The molecule has 0 aliphatic carbocycles. The van der Waals surface area contributed by atoms with E-state index in [1.54, 1.807) is 48.5 Å². The number of methoxy groups -OCH3 is 2. The standard InChI is InChI=1S/C15H28O10.C11H20O8.C5H12O3.C4H10O3.C4H10O2.C3H8O2.3C3H6O.C3H5O.CH4O2.2CO2.CH4.H2O/c1-10(16)5-22-14(18)24-12(3)7-20-9-21-8-13(4)25-15(19)23-6-11(2)17;1-7(12)4-16-10(14)18-6-9(3)19-11(15)17-5-8(2)13;1-5(7-2)3-8-4-6;1-4(6)2-7-3-5;1-4(5)3-6-2;1-3(5)2-4;4*1-3-2-4-3;3*2-1-3;;/h10-13,16-17H,5-9H2,1-4H3;7-9,12-13H,4-6H2,1-3H3;5-6H,3-4H2,1-2H3;4-6H,2-3H2,1H3;4-5H,3H2,1-2H3;3-5H,2H2,1H3;3*3H,2H2,1H3;2-3H,1H3;2-3H,1H2;;;1H4;1H2/q;;;;;;;;;+1;;;;;. The van der Waals surface area contributed by atoms with E-state index in [0.29, 0.717) is 37.6 Å². The Labute approximate surface area is 569 Å². The molecule has 39 heteroatoms. The van der Waals surface area contributed by atoms with Crippen LogP contribution in [-0.2, 0) is 104 Å². The van der Waals surface area contributed by atoms with E-state index in [-0.39, 0.29) is 117 Å². The third-order valence-electron chi connectivity index (χ3n) is 7.85. The molecule has 0 aromatic carbocycles. The van der Waals surface area contributed by atoms with Gasteiger partial charge >= 0.3 is 36.9 Å². The van der Waals surface area contributed by atoms with E-state index >= 15 is 0 Å². The fraction of sp³-hybridized carbons (Fsp3) is 0.879. The molecule has 15 unspecified atom stereocenters. The highest BCUT2D eigenvalue weighted by Gasteiger charge is 2.32. The van der Waals surface area contributed by atoms with Crippen molar-refractivity contribution in [1.29, 1.82) is 0 Å². The van der Waals surface area contributed by atoms with Gasteiger partial charge in [-0.3, -0.25) is 0 Å². The molecule has 4 rings (SSSR count). The zero-order valence-electron chi connectivity index (χ0n) is 58.4. The Morgan fingerprint density at radius 2 is 0.639 bits per heavy atom. The number of aliphatic hydroxyl groups excluding tert-OH is 11. The van der Waals surface area contributed by atoms with Crippen molar-refractivity contribution in [3.05, 3.63) is 6.61 Å².